The average Bonchev–Trinajstić information content (AvgIpc) is 2.29. The Morgan fingerprint density at radius 1 is 0.714 bits per heavy atom. The van der Waals surface area contributed by atoms with Crippen molar-refractivity contribution in [2.75, 3.05) is 5.43 Å². The maximum Gasteiger partial charge on any atom is 0.0206 e. The van der Waals surface area contributed by atoms with E-state index in [9.17, 15) is 0 Å². The van der Waals surface area contributed by atoms with Gasteiger partial charge in [-0.15, -0.1) is 5.69 Å². The molecular weight excluding hydrogens is 172 g/mol. The van der Waals surface area contributed by atoms with Gasteiger partial charge in [-0.3, -0.25) is 0 Å². The molecule has 0 aromatic heterocycles. The quantitative estimate of drug-likeness (QED) is 0.721. The molecule has 0 spiro atoms. The molecule has 0 saturated heterocycles. The normalized spacial score (nSPS) is 9.43. The Morgan fingerprint density at radius 2 is 1.29 bits per heavy atom. The van der Waals surface area contributed by atoms with Gasteiger partial charge in [-0.05, 0) is 12.1 Å². The predicted octanol–water partition coefficient (Wildman–Crippen LogP) is 3.72. The fourth-order valence-electron chi connectivity index (χ4n) is 1.14. The van der Waals surface area contributed by atoms with Crippen molar-refractivity contribution in [2.24, 2.45) is 0 Å². The first-order valence-electron chi connectivity index (χ1n) is 4.52. The molecule has 2 rings (SSSR count). The molecule has 0 saturated carbocycles. The van der Waals surface area contributed by atoms with Crippen LogP contribution < -0.4 is 5.43 Å². The molecular formula is C12H11N2-. The molecule has 70 valence electrons. The Balaban J connectivity index is 1.96. The molecule has 0 atom stereocenters. The third kappa shape index (κ3) is 2.26. The van der Waals surface area contributed by atoms with Gasteiger partial charge in [0.2, 0.25) is 0 Å². The number of benzene rings is 2. The number of para-hydroxylation sites is 2. The van der Waals surface area contributed by atoms with Gasteiger partial charge < -0.3 is 10.9 Å². The second-order valence-corrected chi connectivity index (χ2v) is 2.93. The van der Waals surface area contributed by atoms with Crippen LogP contribution in [0, 0.1) is 0 Å². The van der Waals surface area contributed by atoms with Crippen LogP contribution in [0.2, 0.25) is 0 Å². The van der Waals surface area contributed by atoms with E-state index in [-0.39, 0.29) is 0 Å². The van der Waals surface area contributed by atoms with E-state index in [1.54, 1.807) is 0 Å². The van der Waals surface area contributed by atoms with E-state index < -0.39 is 0 Å². The van der Waals surface area contributed by atoms with Gasteiger partial charge in [0.25, 0.3) is 0 Å². The highest BCUT2D eigenvalue weighted by Crippen LogP contribution is 2.18. The molecule has 0 bridgehead atoms. The highest BCUT2D eigenvalue weighted by atomic mass is 15.4. The van der Waals surface area contributed by atoms with Crippen LogP contribution in [0.3, 0.4) is 0 Å². The first-order valence-corrected chi connectivity index (χ1v) is 4.52. The lowest BCUT2D eigenvalue weighted by atomic mass is 10.3. The van der Waals surface area contributed by atoms with Crippen molar-refractivity contribution < 1.29 is 0 Å². The van der Waals surface area contributed by atoms with Crippen LogP contribution >= 0.6 is 0 Å². The summed E-state index contributed by atoms with van der Waals surface area (Å²) in [6.45, 7) is 0. The van der Waals surface area contributed by atoms with Gasteiger partial charge in [0, 0.05) is 5.69 Å². The van der Waals surface area contributed by atoms with Crippen molar-refractivity contribution in [2.45, 2.75) is 0 Å². The molecule has 2 heteroatoms. The number of hydrogen-bond acceptors (Lipinski definition) is 1. The van der Waals surface area contributed by atoms with Crippen LogP contribution in [-0.2, 0) is 0 Å². The summed E-state index contributed by atoms with van der Waals surface area (Å²) in [6.07, 6.45) is 0. The minimum Gasteiger partial charge on any atom is -0.598 e. The monoisotopic (exact) mass is 183 g/mol. The van der Waals surface area contributed by atoms with E-state index in [2.05, 4.69) is 10.9 Å². The molecule has 0 amide bonds. The van der Waals surface area contributed by atoms with Gasteiger partial charge in [0.05, 0.1) is 0 Å². The standard InChI is InChI=1S/C12H11N2/c1-3-7-11(8-4-1)13-14-12-9-5-2-6-10-12/h1-10,13H/q-1. The number of anilines is 1. The lowest BCUT2D eigenvalue weighted by molar-refractivity contribution is 1.50. The van der Waals surface area contributed by atoms with Gasteiger partial charge in [-0.2, -0.15) is 0 Å². The fourth-order valence-corrected chi connectivity index (χ4v) is 1.14. The number of nitrogens with zero attached hydrogens (tertiary/aromatic N) is 1. The Labute approximate surface area is 83.6 Å². The molecule has 0 aliphatic heterocycles. The minimum absolute atomic E-state index is 0.927. The lowest BCUT2D eigenvalue weighted by Crippen LogP contribution is -1.87. The van der Waals surface area contributed by atoms with Crippen molar-refractivity contribution in [1.29, 1.82) is 0 Å². The third-order valence-corrected chi connectivity index (χ3v) is 1.84. The zero-order valence-corrected chi connectivity index (χ0v) is 7.72. The summed E-state index contributed by atoms with van der Waals surface area (Å²) in [5.74, 6) is 0. The Morgan fingerprint density at radius 3 is 1.93 bits per heavy atom. The molecule has 2 aromatic rings. The average molecular weight is 183 g/mol. The van der Waals surface area contributed by atoms with Crippen molar-refractivity contribution in [3.63, 3.8) is 0 Å². The van der Waals surface area contributed by atoms with Crippen LogP contribution in [0.4, 0.5) is 11.4 Å². The summed E-state index contributed by atoms with van der Waals surface area (Å²) in [5.41, 5.74) is 9.14. The molecule has 2 nitrogen and oxygen atoms in total. The fraction of sp³-hybridized carbons (Fsp3) is 0. The summed E-state index contributed by atoms with van der Waals surface area (Å²) in [5, 5.41) is 0. The summed E-state index contributed by atoms with van der Waals surface area (Å²) < 4.78 is 0. The summed E-state index contributed by atoms with van der Waals surface area (Å²) in [4.78, 5) is 0. The first-order chi connectivity index (χ1) is 6.95. The van der Waals surface area contributed by atoms with Gasteiger partial charge in [0.15, 0.2) is 0 Å². The zero-order chi connectivity index (χ0) is 9.64. The van der Waals surface area contributed by atoms with E-state index >= 15 is 0 Å². The van der Waals surface area contributed by atoms with Crippen molar-refractivity contribution in [3.8, 4) is 0 Å². The van der Waals surface area contributed by atoms with Gasteiger partial charge in [-0.25, -0.2) is 0 Å². The maximum absolute atomic E-state index is 4.23. The minimum atomic E-state index is 0.927. The van der Waals surface area contributed by atoms with Crippen molar-refractivity contribution in [3.05, 3.63) is 66.1 Å². The van der Waals surface area contributed by atoms with E-state index in [1.165, 1.54) is 0 Å². The van der Waals surface area contributed by atoms with Crippen LogP contribution in [-0.4, -0.2) is 0 Å². The molecule has 2 aromatic carbocycles. The largest absolute Gasteiger partial charge is 0.598 e. The molecule has 0 radical (unpaired) electrons. The van der Waals surface area contributed by atoms with E-state index in [0.717, 1.165) is 11.4 Å². The predicted molar refractivity (Wildman–Crippen MR) is 59.5 cm³/mol. The third-order valence-electron chi connectivity index (χ3n) is 1.84. The molecule has 0 fully saturated rings. The zero-order valence-electron chi connectivity index (χ0n) is 7.72. The molecule has 0 aliphatic carbocycles. The first kappa shape index (κ1) is 8.63. The highest BCUT2D eigenvalue weighted by molar-refractivity contribution is 5.56. The summed E-state index contributed by atoms with van der Waals surface area (Å²) >= 11 is 0. The smallest absolute Gasteiger partial charge is 0.0206 e. The van der Waals surface area contributed by atoms with Crippen molar-refractivity contribution >= 4 is 11.4 Å². The van der Waals surface area contributed by atoms with E-state index in [1.807, 2.05) is 60.7 Å². The van der Waals surface area contributed by atoms with Crippen LogP contribution in [0.25, 0.3) is 5.43 Å². The number of nitrogens with one attached hydrogen (secondary N) is 1. The lowest BCUT2D eigenvalue weighted by Gasteiger charge is -2.24. The van der Waals surface area contributed by atoms with Gasteiger partial charge in [-0.1, -0.05) is 48.5 Å². The van der Waals surface area contributed by atoms with Crippen LogP contribution in [0.1, 0.15) is 0 Å². The topological polar surface area (TPSA) is 26.1 Å². The molecule has 0 unspecified atom stereocenters. The Bertz CT molecular complexity index is 331. The molecule has 0 heterocycles. The van der Waals surface area contributed by atoms with Crippen molar-refractivity contribution in [1.82, 2.24) is 0 Å². The van der Waals surface area contributed by atoms with Gasteiger partial charge in [0.1, 0.15) is 0 Å². The van der Waals surface area contributed by atoms with E-state index in [4.69, 9.17) is 0 Å². The van der Waals surface area contributed by atoms with E-state index in [0.29, 0.717) is 0 Å². The second-order valence-electron chi connectivity index (χ2n) is 2.93. The maximum atomic E-state index is 4.23. The Hall–Kier alpha value is -1.96. The number of hydrogen-bond donors (Lipinski definition) is 1. The molecule has 14 heavy (non-hydrogen) atoms. The Kier molecular flexibility index (Phi) is 2.67. The van der Waals surface area contributed by atoms with Crippen LogP contribution in [0.5, 0.6) is 0 Å². The highest BCUT2D eigenvalue weighted by Gasteiger charge is 1.80. The SMILES string of the molecule is c1ccc([N-]Nc2ccccc2)cc1. The molecule has 1 N–H and O–H groups in total. The second kappa shape index (κ2) is 4.33. The molecule has 0 aliphatic rings. The summed E-state index contributed by atoms with van der Waals surface area (Å²) in [6, 6.07) is 19.7. The van der Waals surface area contributed by atoms with Crippen LogP contribution in [0.15, 0.2) is 60.7 Å². The van der Waals surface area contributed by atoms with Gasteiger partial charge >= 0.3 is 0 Å². The summed E-state index contributed by atoms with van der Waals surface area (Å²) in [7, 11) is 0. The number of rotatable bonds is 3.